The Balaban J connectivity index is 0.00000220. The highest BCUT2D eigenvalue weighted by molar-refractivity contribution is 5.93. The molecule has 0 saturated heterocycles. The summed E-state index contributed by atoms with van der Waals surface area (Å²) in [4.78, 5) is 15.9. The molecule has 2 rings (SSSR count). The Labute approximate surface area is 129 Å². The Morgan fingerprint density at radius 1 is 1.38 bits per heavy atom. The lowest BCUT2D eigenvalue weighted by atomic mass is 10.1. The van der Waals surface area contributed by atoms with Gasteiger partial charge in [-0.1, -0.05) is 18.1 Å². The lowest BCUT2D eigenvalue weighted by molar-refractivity contribution is -0.115. The zero-order valence-electron chi connectivity index (χ0n) is 12.3. The summed E-state index contributed by atoms with van der Waals surface area (Å²) < 4.78 is 5.20. The largest absolute Gasteiger partial charge is 0.334 e. The zero-order chi connectivity index (χ0) is 14.5. The maximum absolute atomic E-state index is 11.6. The Kier molecular flexibility index (Phi) is 6.33. The van der Waals surface area contributed by atoms with Crippen LogP contribution in [0.1, 0.15) is 18.3 Å². The molecule has 2 N–H and O–H groups in total. The monoisotopic (exact) mass is 310 g/mol. The molecule has 0 atom stereocenters. The highest BCUT2D eigenvalue weighted by Gasteiger charge is 2.11. The number of carbonyl (C=O) groups excluding carboxylic acids is 1. The van der Waals surface area contributed by atoms with Crippen molar-refractivity contribution in [1.29, 1.82) is 0 Å². The number of carbonyl (C=O) groups is 1. The molecule has 0 radical (unpaired) electrons. The average molecular weight is 311 g/mol. The van der Waals surface area contributed by atoms with Gasteiger partial charge in [0, 0.05) is 17.7 Å². The third-order valence-electron chi connectivity index (χ3n) is 2.88. The molecule has 2 aromatic rings. The van der Waals surface area contributed by atoms with E-state index in [0.717, 1.165) is 23.2 Å². The number of anilines is 1. The first-order valence-corrected chi connectivity index (χ1v) is 6.52. The van der Waals surface area contributed by atoms with Crippen molar-refractivity contribution in [3.05, 3.63) is 29.6 Å². The van der Waals surface area contributed by atoms with Crippen molar-refractivity contribution in [2.75, 3.05) is 18.9 Å². The van der Waals surface area contributed by atoms with Crippen LogP contribution in [0, 0.1) is 6.92 Å². The van der Waals surface area contributed by atoms with Gasteiger partial charge in [0.1, 0.15) is 0 Å². The number of nitrogens with one attached hydrogen (secondary N) is 2. The van der Waals surface area contributed by atoms with Crippen LogP contribution in [-0.2, 0) is 11.2 Å². The standard InChI is InChI=1S/C14H18N4O2.ClH/c1-4-12-17-14(20-18-12)10-6-5-9(2)11(7-10)16-13(19)8-15-3;/h5-7,15H,4,8H2,1-3H3,(H,16,19);1H. The molecular formula is C14H19ClN4O2. The fraction of sp³-hybridized carbons (Fsp3) is 0.357. The second-order valence-corrected chi connectivity index (χ2v) is 4.48. The molecule has 0 unspecified atom stereocenters. The minimum Gasteiger partial charge on any atom is -0.334 e. The van der Waals surface area contributed by atoms with Crippen molar-refractivity contribution < 1.29 is 9.32 Å². The number of halogens is 1. The molecule has 1 amide bonds. The van der Waals surface area contributed by atoms with E-state index in [1.54, 1.807) is 7.05 Å². The van der Waals surface area contributed by atoms with Crippen molar-refractivity contribution in [3.8, 4) is 11.5 Å². The number of hydrogen-bond acceptors (Lipinski definition) is 5. The second-order valence-electron chi connectivity index (χ2n) is 4.48. The number of benzene rings is 1. The predicted molar refractivity (Wildman–Crippen MR) is 83.7 cm³/mol. The first-order chi connectivity index (χ1) is 9.63. The van der Waals surface area contributed by atoms with Crippen molar-refractivity contribution in [3.63, 3.8) is 0 Å². The van der Waals surface area contributed by atoms with Gasteiger partial charge in [-0.05, 0) is 31.7 Å². The first-order valence-electron chi connectivity index (χ1n) is 6.52. The number of aromatic nitrogens is 2. The van der Waals surface area contributed by atoms with Crippen LogP contribution in [0.25, 0.3) is 11.5 Å². The molecule has 0 saturated carbocycles. The van der Waals surface area contributed by atoms with Crippen LogP contribution in [0.2, 0.25) is 0 Å². The minimum absolute atomic E-state index is 0. The van der Waals surface area contributed by atoms with E-state index in [4.69, 9.17) is 4.52 Å². The van der Waals surface area contributed by atoms with E-state index in [0.29, 0.717) is 11.7 Å². The van der Waals surface area contributed by atoms with Crippen LogP contribution in [0.3, 0.4) is 0 Å². The van der Waals surface area contributed by atoms with E-state index < -0.39 is 0 Å². The van der Waals surface area contributed by atoms with Gasteiger partial charge < -0.3 is 15.2 Å². The summed E-state index contributed by atoms with van der Waals surface area (Å²) in [5, 5.41) is 9.53. The van der Waals surface area contributed by atoms with Crippen molar-refractivity contribution >= 4 is 24.0 Å². The molecule has 1 heterocycles. The quantitative estimate of drug-likeness (QED) is 0.885. The highest BCUT2D eigenvalue weighted by Crippen LogP contribution is 2.24. The highest BCUT2D eigenvalue weighted by atomic mass is 35.5. The second kappa shape index (κ2) is 7.75. The van der Waals surface area contributed by atoms with E-state index in [2.05, 4.69) is 20.8 Å². The summed E-state index contributed by atoms with van der Waals surface area (Å²) in [7, 11) is 1.73. The third kappa shape index (κ3) is 4.27. The molecule has 0 spiro atoms. The van der Waals surface area contributed by atoms with Crippen molar-refractivity contribution in [2.24, 2.45) is 0 Å². The molecular weight excluding hydrogens is 292 g/mol. The Morgan fingerprint density at radius 3 is 2.76 bits per heavy atom. The zero-order valence-corrected chi connectivity index (χ0v) is 13.1. The average Bonchev–Trinajstić information content (AvgIpc) is 2.90. The minimum atomic E-state index is -0.0903. The van der Waals surface area contributed by atoms with Gasteiger partial charge in [0.15, 0.2) is 5.82 Å². The lowest BCUT2D eigenvalue weighted by Crippen LogP contribution is -2.25. The maximum atomic E-state index is 11.6. The smallest absolute Gasteiger partial charge is 0.257 e. The number of amides is 1. The summed E-state index contributed by atoms with van der Waals surface area (Å²) in [6.07, 6.45) is 0.723. The Bertz CT molecular complexity index is 613. The van der Waals surface area contributed by atoms with Crippen LogP contribution < -0.4 is 10.6 Å². The maximum Gasteiger partial charge on any atom is 0.257 e. The van der Waals surface area contributed by atoms with Gasteiger partial charge in [-0.2, -0.15) is 4.98 Å². The number of likely N-dealkylation sites (N-methyl/N-ethyl adjacent to an activating group) is 1. The fourth-order valence-electron chi connectivity index (χ4n) is 1.76. The van der Waals surface area contributed by atoms with E-state index in [-0.39, 0.29) is 24.9 Å². The molecule has 1 aromatic carbocycles. The van der Waals surface area contributed by atoms with Gasteiger partial charge in [0.25, 0.3) is 5.89 Å². The molecule has 7 heteroatoms. The van der Waals surface area contributed by atoms with E-state index in [1.807, 2.05) is 32.0 Å². The first kappa shape index (κ1) is 17.1. The van der Waals surface area contributed by atoms with Gasteiger partial charge >= 0.3 is 0 Å². The van der Waals surface area contributed by atoms with Crippen LogP contribution in [-0.4, -0.2) is 29.6 Å². The van der Waals surface area contributed by atoms with Crippen LogP contribution in [0.5, 0.6) is 0 Å². The fourth-order valence-corrected chi connectivity index (χ4v) is 1.76. The third-order valence-corrected chi connectivity index (χ3v) is 2.88. The molecule has 21 heavy (non-hydrogen) atoms. The SMILES string of the molecule is CCc1noc(-c2ccc(C)c(NC(=O)CNC)c2)n1.Cl. The van der Waals surface area contributed by atoms with Gasteiger partial charge in [-0.25, -0.2) is 0 Å². The normalized spacial score (nSPS) is 10.0. The van der Waals surface area contributed by atoms with Gasteiger partial charge in [0.2, 0.25) is 5.91 Å². The van der Waals surface area contributed by atoms with Gasteiger partial charge in [-0.15, -0.1) is 12.4 Å². The van der Waals surface area contributed by atoms with Gasteiger partial charge in [0.05, 0.1) is 6.54 Å². The Hall–Kier alpha value is -1.92. The van der Waals surface area contributed by atoms with Crippen LogP contribution in [0.15, 0.2) is 22.7 Å². The molecule has 0 aliphatic rings. The molecule has 0 aliphatic carbocycles. The molecule has 114 valence electrons. The molecule has 6 nitrogen and oxygen atoms in total. The van der Waals surface area contributed by atoms with Crippen molar-refractivity contribution in [1.82, 2.24) is 15.5 Å². The molecule has 0 aliphatic heterocycles. The number of aryl methyl sites for hydroxylation is 2. The summed E-state index contributed by atoms with van der Waals surface area (Å²) in [6, 6.07) is 5.66. The summed E-state index contributed by atoms with van der Waals surface area (Å²) in [5.41, 5.74) is 2.52. The Morgan fingerprint density at radius 2 is 2.14 bits per heavy atom. The summed E-state index contributed by atoms with van der Waals surface area (Å²) in [6.45, 7) is 4.17. The van der Waals surface area contributed by atoms with Crippen LogP contribution in [0.4, 0.5) is 5.69 Å². The topological polar surface area (TPSA) is 80.0 Å². The van der Waals surface area contributed by atoms with Crippen molar-refractivity contribution in [2.45, 2.75) is 20.3 Å². The number of hydrogen-bond donors (Lipinski definition) is 2. The van der Waals surface area contributed by atoms with Crippen LogP contribution >= 0.6 is 12.4 Å². The summed E-state index contributed by atoms with van der Waals surface area (Å²) in [5.74, 6) is 1.04. The lowest BCUT2D eigenvalue weighted by Gasteiger charge is -2.09. The van der Waals surface area contributed by atoms with E-state index in [1.165, 1.54) is 0 Å². The van der Waals surface area contributed by atoms with E-state index in [9.17, 15) is 4.79 Å². The predicted octanol–water partition coefficient (Wildman–Crippen LogP) is 2.19. The number of nitrogens with zero attached hydrogens (tertiary/aromatic N) is 2. The summed E-state index contributed by atoms with van der Waals surface area (Å²) >= 11 is 0. The molecule has 0 fully saturated rings. The number of rotatable bonds is 5. The van der Waals surface area contributed by atoms with E-state index >= 15 is 0 Å². The molecule has 0 bridgehead atoms. The molecule has 1 aromatic heterocycles. The van der Waals surface area contributed by atoms with Gasteiger partial charge in [-0.3, -0.25) is 4.79 Å².